The molecule has 0 saturated carbocycles. The first-order valence-corrected chi connectivity index (χ1v) is 8.02. The quantitative estimate of drug-likeness (QED) is 0.563. The average Bonchev–Trinajstić information content (AvgIpc) is 2.94. The summed E-state index contributed by atoms with van der Waals surface area (Å²) in [5.41, 5.74) is 2.42. The maximum Gasteiger partial charge on any atom is 0.354 e. The van der Waals surface area contributed by atoms with Crippen LogP contribution in [0.1, 0.15) is 0 Å². The van der Waals surface area contributed by atoms with E-state index >= 15 is 0 Å². The number of nitrogens with zero attached hydrogens (tertiary/aromatic N) is 2. The normalized spacial score (nSPS) is 11.3. The third-order valence-corrected chi connectivity index (χ3v) is 4.48. The van der Waals surface area contributed by atoms with E-state index in [0.29, 0.717) is 32.6 Å². The molecule has 2 N–H and O–H groups in total. The maximum absolute atomic E-state index is 12.7. The van der Waals surface area contributed by atoms with Gasteiger partial charge >= 0.3 is 5.69 Å². The van der Waals surface area contributed by atoms with Gasteiger partial charge in [-0.2, -0.15) is 4.98 Å². The van der Waals surface area contributed by atoms with E-state index in [1.54, 1.807) is 25.2 Å². The molecule has 0 aliphatic heterocycles. The minimum absolute atomic E-state index is 0.416. The molecule has 0 fully saturated rings. The van der Waals surface area contributed by atoms with Crippen LogP contribution in [0.3, 0.4) is 0 Å². The highest BCUT2D eigenvalue weighted by molar-refractivity contribution is 6.33. The first-order valence-electron chi connectivity index (χ1n) is 7.27. The van der Waals surface area contributed by atoms with Crippen LogP contribution in [-0.4, -0.2) is 21.6 Å². The largest absolute Gasteiger partial charge is 0.371 e. The summed E-state index contributed by atoms with van der Waals surface area (Å²) >= 11 is 12.5. The van der Waals surface area contributed by atoms with E-state index in [0.717, 1.165) is 10.9 Å². The lowest BCUT2D eigenvalue weighted by Crippen LogP contribution is -2.23. The molecule has 0 radical (unpaired) electrons. The van der Waals surface area contributed by atoms with Gasteiger partial charge in [0.1, 0.15) is 5.52 Å². The summed E-state index contributed by atoms with van der Waals surface area (Å²) in [5.74, 6) is 0.477. The van der Waals surface area contributed by atoms with Crippen molar-refractivity contribution in [3.8, 4) is 5.69 Å². The van der Waals surface area contributed by atoms with Crippen molar-refractivity contribution in [2.24, 2.45) is 0 Å². The number of anilines is 1. The molecule has 0 spiro atoms. The summed E-state index contributed by atoms with van der Waals surface area (Å²) in [5, 5.41) is 4.84. The maximum atomic E-state index is 12.7. The van der Waals surface area contributed by atoms with Gasteiger partial charge in [0.05, 0.1) is 16.2 Å². The molecule has 5 nitrogen and oxygen atoms in total. The lowest BCUT2D eigenvalue weighted by molar-refractivity contribution is 0.964. The topological polar surface area (TPSA) is 62.7 Å². The molecular weight excluding hydrogens is 347 g/mol. The Bertz CT molecular complexity index is 1150. The number of hydrogen-bond donors (Lipinski definition) is 2. The first kappa shape index (κ1) is 15.1. The highest BCUT2D eigenvalue weighted by Gasteiger charge is 2.18. The van der Waals surface area contributed by atoms with Gasteiger partial charge in [-0.05, 0) is 30.3 Å². The summed E-state index contributed by atoms with van der Waals surface area (Å²) in [4.78, 5) is 20.1. The predicted octanol–water partition coefficient (Wildman–Crippen LogP) is 4.22. The number of fused-ring (bicyclic) bond motifs is 3. The number of rotatable bonds is 2. The molecule has 2 aromatic carbocycles. The van der Waals surface area contributed by atoms with Gasteiger partial charge in [0.2, 0.25) is 0 Å². The van der Waals surface area contributed by atoms with Gasteiger partial charge in [-0.15, -0.1) is 0 Å². The van der Waals surface area contributed by atoms with Gasteiger partial charge < -0.3 is 10.3 Å². The van der Waals surface area contributed by atoms with Crippen molar-refractivity contribution in [2.75, 3.05) is 12.4 Å². The second kappa shape index (κ2) is 5.54. The number of nitrogens with one attached hydrogen (secondary N) is 2. The summed E-state index contributed by atoms with van der Waals surface area (Å²) in [6.07, 6.45) is 0. The smallest absolute Gasteiger partial charge is 0.354 e. The highest BCUT2D eigenvalue weighted by Crippen LogP contribution is 2.32. The molecule has 2 heterocycles. The van der Waals surface area contributed by atoms with Crippen LogP contribution < -0.4 is 11.0 Å². The minimum atomic E-state index is -0.416. The molecule has 0 aliphatic carbocycles. The van der Waals surface area contributed by atoms with E-state index in [-0.39, 0.29) is 0 Å². The van der Waals surface area contributed by atoms with Crippen LogP contribution in [0.4, 0.5) is 5.82 Å². The highest BCUT2D eigenvalue weighted by atomic mass is 35.5. The molecule has 2 aromatic heterocycles. The Morgan fingerprint density at radius 2 is 1.96 bits per heavy atom. The fourth-order valence-corrected chi connectivity index (χ4v) is 3.28. The summed E-state index contributed by atoms with van der Waals surface area (Å²) in [7, 11) is 1.72. The number of benzene rings is 2. The number of aromatic nitrogens is 3. The van der Waals surface area contributed by atoms with Gasteiger partial charge in [0.15, 0.2) is 5.82 Å². The Morgan fingerprint density at radius 3 is 2.71 bits per heavy atom. The summed E-state index contributed by atoms with van der Waals surface area (Å²) in [6, 6.07) is 12.7. The first-order chi connectivity index (χ1) is 11.6. The zero-order chi connectivity index (χ0) is 16.8. The van der Waals surface area contributed by atoms with E-state index in [1.807, 2.05) is 24.3 Å². The zero-order valence-electron chi connectivity index (χ0n) is 12.6. The SMILES string of the molecule is CNc1nc(=O)n(-c2ccccc2Cl)c2c1[nH]c1ccc(Cl)cc12. The second-order valence-electron chi connectivity index (χ2n) is 5.32. The molecule has 0 saturated heterocycles. The molecule has 24 heavy (non-hydrogen) atoms. The van der Waals surface area contributed by atoms with Crippen LogP contribution in [0.5, 0.6) is 0 Å². The Labute approximate surface area is 146 Å². The van der Waals surface area contributed by atoms with E-state index in [2.05, 4.69) is 15.3 Å². The Hall–Kier alpha value is -2.50. The second-order valence-corrected chi connectivity index (χ2v) is 6.16. The van der Waals surface area contributed by atoms with Crippen molar-refractivity contribution in [1.29, 1.82) is 0 Å². The van der Waals surface area contributed by atoms with Gasteiger partial charge in [-0.1, -0.05) is 35.3 Å². The van der Waals surface area contributed by atoms with Crippen LogP contribution >= 0.6 is 23.2 Å². The predicted molar refractivity (Wildman–Crippen MR) is 98.8 cm³/mol. The molecule has 120 valence electrons. The van der Waals surface area contributed by atoms with Crippen LogP contribution in [-0.2, 0) is 0 Å². The molecule has 4 rings (SSSR count). The lowest BCUT2D eigenvalue weighted by Gasteiger charge is -2.11. The molecular formula is C17H12Cl2N4O. The molecule has 0 amide bonds. The number of H-pyrrole nitrogens is 1. The molecule has 4 aromatic rings. The molecule has 0 bridgehead atoms. The standard InChI is InChI=1S/C17H12Cl2N4O/c1-20-16-14-15(10-8-9(18)6-7-12(10)21-14)23(17(24)22-16)13-5-3-2-4-11(13)19/h2-8,21H,1H3,(H,20,22,24). The number of para-hydroxylation sites is 1. The fraction of sp³-hybridized carbons (Fsp3) is 0.0588. The number of aromatic amines is 1. The van der Waals surface area contributed by atoms with Gasteiger partial charge in [-0.25, -0.2) is 4.79 Å². The van der Waals surface area contributed by atoms with Crippen LogP contribution in [0.25, 0.3) is 27.6 Å². The van der Waals surface area contributed by atoms with Crippen molar-refractivity contribution in [3.63, 3.8) is 0 Å². The summed E-state index contributed by atoms with van der Waals surface area (Å²) in [6.45, 7) is 0. The van der Waals surface area contributed by atoms with Gasteiger partial charge in [0.25, 0.3) is 0 Å². The van der Waals surface area contributed by atoms with Gasteiger partial charge in [0, 0.05) is 23.0 Å². The van der Waals surface area contributed by atoms with Crippen molar-refractivity contribution in [3.05, 3.63) is 63.0 Å². The van der Waals surface area contributed by atoms with Crippen molar-refractivity contribution >= 4 is 51.0 Å². The number of halogens is 2. The third kappa shape index (κ3) is 2.17. The minimum Gasteiger partial charge on any atom is -0.371 e. The molecule has 7 heteroatoms. The van der Waals surface area contributed by atoms with Crippen molar-refractivity contribution in [2.45, 2.75) is 0 Å². The van der Waals surface area contributed by atoms with E-state index < -0.39 is 5.69 Å². The molecule has 0 atom stereocenters. The van der Waals surface area contributed by atoms with Crippen molar-refractivity contribution in [1.82, 2.24) is 14.5 Å². The van der Waals surface area contributed by atoms with E-state index in [9.17, 15) is 4.79 Å². The number of hydrogen-bond acceptors (Lipinski definition) is 3. The molecule has 0 aliphatic rings. The molecule has 0 unspecified atom stereocenters. The fourth-order valence-electron chi connectivity index (χ4n) is 2.89. The third-order valence-electron chi connectivity index (χ3n) is 3.92. The Kier molecular flexibility index (Phi) is 3.48. The van der Waals surface area contributed by atoms with Crippen LogP contribution in [0.2, 0.25) is 10.0 Å². The zero-order valence-corrected chi connectivity index (χ0v) is 14.1. The lowest BCUT2D eigenvalue weighted by atomic mass is 10.2. The van der Waals surface area contributed by atoms with E-state index in [4.69, 9.17) is 23.2 Å². The average molecular weight is 359 g/mol. The monoisotopic (exact) mass is 358 g/mol. The Balaban J connectivity index is 2.27. The van der Waals surface area contributed by atoms with Crippen LogP contribution in [0.15, 0.2) is 47.3 Å². The van der Waals surface area contributed by atoms with E-state index in [1.165, 1.54) is 4.57 Å². The Morgan fingerprint density at radius 1 is 1.17 bits per heavy atom. The van der Waals surface area contributed by atoms with Gasteiger partial charge in [-0.3, -0.25) is 4.57 Å². The van der Waals surface area contributed by atoms with Crippen LogP contribution in [0, 0.1) is 0 Å². The summed E-state index contributed by atoms with van der Waals surface area (Å²) < 4.78 is 1.51. The van der Waals surface area contributed by atoms with Crippen molar-refractivity contribution < 1.29 is 0 Å².